The lowest BCUT2D eigenvalue weighted by Gasteiger charge is -2.38. The number of carbonyl (C=O) groups excluding carboxylic acids is 1. The molecular formula is C13H22N2O3. The number of amides is 2. The lowest BCUT2D eigenvalue weighted by molar-refractivity contribution is -0.139. The smallest absolute Gasteiger partial charge is 0.326 e. The Kier molecular flexibility index (Phi) is 3.78. The van der Waals surface area contributed by atoms with Crippen molar-refractivity contribution in [2.24, 2.45) is 11.8 Å². The quantitative estimate of drug-likeness (QED) is 0.805. The van der Waals surface area contributed by atoms with E-state index in [1.54, 1.807) is 4.90 Å². The second kappa shape index (κ2) is 5.16. The molecule has 0 aromatic carbocycles. The van der Waals surface area contributed by atoms with E-state index in [0.29, 0.717) is 5.92 Å². The molecule has 5 nitrogen and oxygen atoms in total. The zero-order valence-corrected chi connectivity index (χ0v) is 11.1. The van der Waals surface area contributed by atoms with Crippen LogP contribution in [0, 0.1) is 11.8 Å². The van der Waals surface area contributed by atoms with Gasteiger partial charge in [0.1, 0.15) is 6.04 Å². The zero-order chi connectivity index (χ0) is 13.3. The molecule has 1 heterocycles. The van der Waals surface area contributed by atoms with Crippen LogP contribution < -0.4 is 5.32 Å². The molecule has 2 aliphatic rings. The maximum Gasteiger partial charge on any atom is 0.326 e. The lowest BCUT2D eigenvalue weighted by Crippen LogP contribution is -2.54. The highest BCUT2D eigenvalue weighted by Crippen LogP contribution is 2.33. The molecule has 1 saturated heterocycles. The molecule has 2 amide bonds. The fourth-order valence-corrected chi connectivity index (χ4v) is 2.65. The Morgan fingerprint density at radius 3 is 2.50 bits per heavy atom. The molecule has 2 fully saturated rings. The number of aliphatic carboxylic acids is 1. The molecule has 0 bridgehead atoms. The number of carboxylic acid groups (broad SMARTS) is 1. The van der Waals surface area contributed by atoms with Gasteiger partial charge >= 0.3 is 12.0 Å². The largest absolute Gasteiger partial charge is 0.480 e. The van der Waals surface area contributed by atoms with Crippen LogP contribution in [0.2, 0.25) is 0 Å². The number of nitrogens with zero attached hydrogens (tertiary/aromatic N) is 1. The van der Waals surface area contributed by atoms with Gasteiger partial charge in [0.15, 0.2) is 0 Å². The first-order chi connectivity index (χ1) is 8.50. The number of nitrogens with one attached hydrogen (secondary N) is 1. The van der Waals surface area contributed by atoms with E-state index in [4.69, 9.17) is 5.11 Å². The number of hydrogen-bond acceptors (Lipinski definition) is 2. The summed E-state index contributed by atoms with van der Waals surface area (Å²) in [6.45, 7) is 4.91. The number of likely N-dealkylation sites (tertiary alicyclic amines) is 1. The summed E-state index contributed by atoms with van der Waals surface area (Å²) in [7, 11) is 0. The molecule has 2 N–H and O–H groups in total. The van der Waals surface area contributed by atoms with E-state index in [-0.39, 0.29) is 18.0 Å². The number of piperidine rings is 1. The molecule has 0 aromatic heterocycles. The highest BCUT2D eigenvalue weighted by atomic mass is 16.4. The van der Waals surface area contributed by atoms with E-state index in [0.717, 1.165) is 32.2 Å². The van der Waals surface area contributed by atoms with Crippen molar-refractivity contribution < 1.29 is 14.7 Å². The van der Waals surface area contributed by atoms with Crippen LogP contribution in [0.5, 0.6) is 0 Å². The molecular weight excluding hydrogens is 232 g/mol. The summed E-state index contributed by atoms with van der Waals surface area (Å²) in [5.41, 5.74) is 0. The summed E-state index contributed by atoms with van der Waals surface area (Å²) in [6, 6.07) is -0.734. The van der Waals surface area contributed by atoms with Crippen LogP contribution in [0.3, 0.4) is 0 Å². The first-order valence-electron chi connectivity index (χ1n) is 6.80. The minimum Gasteiger partial charge on any atom is -0.480 e. The Morgan fingerprint density at radius 1 is 1.28 bits per heavy atom. The fraction of sp³-hybridized carbons (Fsp3) is 0.846. The normalized spacial score (nSPS) is 29.8. The molecule has 18 heavy (non-hydrogen) atoms. The minimum atomic E-state index is -0.913. The van der Waals surface area contributed by atoms with Crippen molar-refractivity contribution in [3.05, 3.63) is 0 Å². The van der Waals surface area contributed by atoms with Gasteiger partial charge in [0, 0.05) is 12.6 Å². The number of carboxylic acids is 1. The van der Waals surface area contributed by atoms with Crippen molar-refractivity contribution in [1.82, 2.24) is 10.2 Å². The van der Waals surface area contributed by atoms with Crippen LogP contribution in [0.25, 0.3) is 0 Å². The van der Waals surface area contributed by atoms with Crippen molar-refractivity contribution in [2.45, 2.75) is 51.6 Å². The van der Waals surface area contributed by atoms with Gasteiger partial charge < -0.3 is 15.3 Å². The van der Waals surface area contributed by atoms with Crippen molar-refractivity contribution in [1.29, 1.82) is 0 Å². The molecule has 0 spiro atoms. The van der Waals surface area contributed by atoms with Crippen molar-refractivity contribution in [3.63, 3.8) is 0 Å². The molecule has 1 saturated carbocycles. The maximum atomic E-state index is 12.2. The molecule has 0 radical (unpaired) electrons. The first kappa shape index (κ1) is 13.2. The summed E-state index contributed by atoms with van der Waals surface area (Å²) in [4.78, 5) is 25.0. The van der Waals surface area contributed by atoms with E-state index in [1.807, 2.05) is 6.92 Å². The molecule has 5 heteroatoms. The van der Waals surface area contributed by atoms with Gasteiger partial charge in [0.2, 0.25) is 0 Å². The molecule has 0 aromatic rings. The van der Waals surface area contributed by atoms with Crippen LogP contribution in [-0.2, 0) is 4.79 Å². The number of hydrogen-bond donors (Lipinski definition) is 2. The third-order valence-corrected chi connectivity index (χ3v) is 4.27. The van der Waals surface area contributed by atoms with E-state index in [9.17, 15) is 9.59 Å². The average molecular weight is 254 g/mol. The Hall–Kier alpha value is -1.26. The lowest BCUT2D eigenvalue weighted by atomic mass is 9.92. The number of carbonyl (C=O) groups is 2. The Morgan fingerprint density at radius 2 is 1.94 bits per heavy atom. The highest BCUT2D eigenvalue weighted by molar-refractivity contribution is 5.83. The Bertz CT molecular complexity index is 341. The van der Waals surface area contributed by atoms with E-state index < -0.39 is 12.0 Å². The zero-order valence-electron chi connectivity index (χ0n) is 11.1. The van der Waals surface area contributed by atoms with Crippen LogP contribution in [0.4, 0.5) is 4.79 Å². The second-order valence-electron chi connectivity index (χ2n) is 5.66. The maximum absolute atomic E-state index is 12.2. The number of rotatable bonds is 3. The van der Waals surface area contributed by atoms with Gasteiger partial charge in [-0.1, -0.05) is 6.92 Å². The van der Waals surface area contributed by atoms with Crippen molar-refractivity contribution in [3.8, 4) is 0 Å². The average Bonchev–Trinajstić information content (AvgIpc) is 3.13. The molecule has 1 aliphatic heterocycles. The predicted octanol–water partition coefficient (Wildman–Crippen LogP) is 1.68. The Balaban J connectivity index is 1.95. The van der Waals surface area contributed by atoms with E-state index in [2.05, 4.69) is 12.2 Å². The SMILES string of the molecule is CC1CCCN(C(=O)NC(C(=O)O)C2CC2)C1C. The monoisotopic (exact) mass is 254 g/mol. The number of urea groups is 1. The summed E-state index contributed by atoms with van der Waals surface area (Å²) in [5, 5.41) is 11.8. The molecule has 3 atom stereocenters. The first-order valence-corrected chi connectivity index (χ1v) is 6.80. The van der Waals surface area contributed by atoms with Crippen LogP contribution in [-0.4, -0.2) is 40.6 Å². The van der Waals surface area contributed by atoms with Crippen LogP contribution >= 0.6 is 0 Å². The third-order valence-electron chi connectivity index (χ3n) is 4.27. The fourth-order valence-electron chi connectivity index (χ4n) is 2.65. The van der Waals surface area contributed by atoms with Gasteiger partial charge in [-0.2, -0.15) is 0 Å². The van der Waals surface area contributed by atoms with Crippen LogP contribution in [0.15, 0.2) is 0 Å². The third kappa shape index (κ3) is 2.76. The van der Waals surface area contributed by atoms with Gasteiger partial charge in [-0.15, -0.1) is 0 Å². The van der Waals surface area contributed by atoms with Crippen LogP contribution in [0.1, 0.15) is 39.5 Å². The van der Waals surface area contributed by atoms with Crippen molar-refractivity contribution >= 4 is 12.0 Å². The van der Waals surface area contributed by atoms with Gasteiger partial charge in [0.05, 0.1) is 0 Å². The van der Waals surface area contributed by atoms with E-state index >= 15 is 0 Å². The summed E-state index contributed by atoms with van der Waals surface area (Å²) in [5.74, 6) is -0.304. The molecule has 1 aliphatic carbocycles. The van der Waals surface area contributed by atoms with Gasteiger partial charge in [-0.05, 0) is 44.4 Å². The van der Waals surface area contributed by atoms with Gasteiger partial charge in [-0.25, -0.2) is 9.59 Å². The molecule has 102 valence electrons. The standard InChI is InChI=1S/C13H22N2O3/c1-8-4-3-7-15(9(8)2)13(18)14-11(12(16)17)10-5-6-10/h8-11H,3-7H2,1-2H3,(H,14,18)(H,16,17). The Labute approximate surface area is 108 Å². The van der Waals surface area contributed by atoms with Gasteiger partial charge in [-0.3, -0.25) is 0 Å². The highest BCUT2D eigenvalue weighted by Gasteiger charge is 2.39. The second-order valence-corrected chi connectivity index (χ2v) is 5.66. The minimum absolute atomic E-state index is 0.129. The van der Waals surface area contributed by atoms with Gasteiger partial charge in [0.25, 0.3) is 0 Å². The summed E-state index contributed by atoms with van der Waals surface area (Å²) < 4.78 is 0. The summed E-state index contributed by atoms with van der Waals surface area (Å²) in [6.07, 6.45) is 3.95. The van der Waals surface area contributed by atoms with E-state index in [1.165, 1.54) is 0 Å². The molecule has 3 unspecified atom stereocenters. The molecule has 2 rings (SSSR count). The summed E-state index contributed by atoms with van der Waals surface area (Å²) >= 11 is 0. The predicted molar refractivity (Wildman–Crippen MR) is 67.2 cm³/mol. The topological polar surface area (TPSA) is 69.6 Å². The van der Waals surface area contributed by atoms with Crippen molar-refractivity contribution in [2.75, 3.05) is 6.54 Å².